The third-order valence-electron chi connectivity index (χ3n) is 3.40. The van der Waals surface area contributed by atoms with E-state index in [2.05, 4.69) is 4.98 Å². The van der Waals surface area contributed by atoms with E-state index >= 15 is 0 Å². The van der Waals surface area contributed by atoms with E-state index in [4.69, 9.17) is 16.3 Å². The number of fused-ring (bicyclic) bond motifs is 1. The van der Waals surface area contributed by atoms with Crippen molar-refractivity contribution in [2.24, 2.45) is 0 Å². The molecule has 0 aliphatic heterocycles. The summed E-state index contributed by atoms with van der Waals surface area (Å²) < 4.78 is 5.65. The van der Waals surface area contributed by atoms with Gasteiger partial charge >= 0.3 is 0 Å². The predicted molar refractivity (Wildman–Crippen MR) is 85.3 cm³/mol. The maximum Gasteiger partial charge on any atom is 0.152 e. The second-order valence-corrected chi connectivity index (χ2v) is 5.03. The molecule has 106 valence electrons. The minimum absolute atomic E-state index is 0.564. The molecule has 1 N–H and O–H groups in total. The van der Waals surface area contributed by atoms with Crippen molar-refractivity contribution >= 4 is 28.8 Å². The molecule has 2 aromatic carbocycles. The average molecular weight is 300 g/mol. The second kappa shape index (κ2) is 5.62. The summed E-state index contributed by atoms with van der Waals surface area (Å²) in [6.45, 7) is 2.49. The van der Waals surface area contributed by atoms with Gasteiger partial charge in [-0.2, -0.15) is 0 Å². The maximum atomic E-state index is 11.6. The Labute approximate surface area is 127 Å². The first-order chi connectivity index (χ1) is 10.3. The summed E-state index contributed by atoms with van der Waals surface area (Å²) in [6, 6.07) is 13.2. The van der Waals surface area contributed by atoms with E-state index in [0.29, 0.717) is 17.2 Å². The smallest absolute Gasteiger partial charge is 0.152 e. The Morgan fingerprint density at radius 3 is 2.76 bits per heavy atom. The van der Waals surface area contributed by atoms with E-state index in [1.807, 2.05) is 43.3 Å². The molecule has 0 spiro atoms. The Hall–Kier alpha value is -2.26. The third kappa shape index (κ3) is 2.30. The monoisotopic (exact) mass is 299 g/mol. The van der Waals surface area contributed by atoms with Crippen LogP contribution >= 0.6 is 11.6 Å². The SMILES string of the molecule is CCOc1ccccc1-c1[nH]c2c(Cl)cccc2c1C=O. The van der Waals surface area contributed by atoms with Gasteiger partial charge in [0.25, 0.3) is 0 Å². The van der Waals surface area contributed by atoms with Gasteiger partial charge in [0.05, 0.1) is 22.8 Å². The molecular formula is C17H14ClNO2. The van der Waals surface area contributed by atoms with E-state index in [1.54, 1.807) is 6.07 Å². The highest BCUT2D eigenvalue weighted by molar-refractivity contribution is 6.35. The lowest BCUT2D eigenvalue weighted by Gasteiger charge is -2.09. The Morgan fingerprint density at radius 1 is 1.19 bits per heavy atom. The standard InChI is InChI=1S/C17H14ClNO2/c1-2-21-15-9-4-3-6-12(15)16-13(10-20)11-7-5-8-14(18)17(11)19-16/h3-10,19H,2H2,1H3. The fourth-order valence-corrected chi connectivity index (χ4v) is 2.71. The molecule has 0 atom stereocenters. The van der Waals surface area contributed by atoms with Gasteiger partial charge in [0.2, 0.25) is 0 Å². The molecule has 0 saturated heterocycles. The van der Waals surface area contributed by atoms with Gasteiger partial charge in [-0.25, -0.2) is 0 Å². The van der Waals surface area contributed by atoms with Crippen molar-refractivity contribution < 1.29 is 9.53 Å². The van der Waals surface area contributed by atoms with Crippen LogP contribution in [0.15, 0.2) is 42.5 Å². The van der Waals surface area contributed by atoms with Gasteiger partial charge in [0.1, 0.15) is 5.75 Å². The van der Waals surface area contributed by atoms with Gasteiger partial charge in [0.15, 0.2) is 6.29 Å². The molecule has 1 heterocycles. The van der Waals surface area contributed by atoms with Crippen LogP contribution < -0.4 is 4.74 Å². The molecule has 0 saturated carbocycles. The molecule has 3 aromatic rings. The molecule has 4 heteroatoms. The van der Waals surface area contributed by atoms with Gasteiger partial charge in [-0.05, 0) is 25.1 Å². The highest BCUT2D eigenvalue weighted by Crippen LogP contribution is 2.36. The molecule has 21 heavy (non-hydrogen) atoms. The number of nitrogens with one attached hydrogen (secondary N) is 1. The Balaban J connectivity index is 2.30. The molecule has 1 aromatic heterocycles. The highest BCUT2D eigenvalue weighted by atomic mass is 35.5. The highest BCUT2D eigenvalue weighted by Gasteiger charge is 2.16. The van der Waals surface area contributed by atoms with Crippen LogP contribution in [0.25, 0.3) is 22.2 Å². The number of halogens is 1. The van der Waals surface area contributed by atoms with Gasteiger partial charge in [-0.3, -0.25) is 4.79 Å². The summed E-state index contributed by atoms with van der Waals surface area (Å²) in [6.07, 6.45) is 0.854. The molecule has 0 aliphatic carbocycles. The van der Waals surface area contributed by atoms with E-state index < -0.39 is 0 Å². The lowest BCUT2D eigenvalue weighted by Crippen LogP contribution is -1.95. The number of carbonyl (C=O) groups is 1. The molecule has 0 bridgehead atoms. The van der Waals surface area contributed by atoms with Crippen molar-refractivity contribution in [1.29, 1.82) is 0 Å². The largest absolute Gasteiger partial charge is 0.493 e. The first kappa shape index (κ1) is 13.7. The number of aromatic amines is 1. The fourth-order valence-electron chi connectivity index (χ4n) is 2.49. The molecule has 0 fully saturated rings. The van der Waals surface area contributed by atoms with Crippen LogP contribution in [0.5, 0.6) is 5.75 Å². The van der Waals surface area contributed by atoms with Crippen molar-refractivity contribution in [3.63, 3.8) is 0 Å². The van der Waals surface area contributed by atoms with Gasteiger partial charge in [-0.15, -0.1) is 0 Å². The average Bonchev–Trinajstić information content (AvgIpc) is 2.88. The van der Waals surface area contributed by atoms with Gasteiger partial charge in [0, 0.05) is 16.5 Å². The van der Waals surface area contributed by atoms with E-state index in [0.717, 1.165) is 34.2 Å². The number of aldehydes is 1. The summed E-state index contributed by atoms with van der Waals surface area (Å²) in [7, 11) is 0. The van der Waals surface area contributed by atoms with Crippen molar-refractivity contribution in [2.75, 3.05) is 6.61 Å². The zero-order valence-corrected chi connectivity index (χ0v) is 12.3. The molecular weight excluding hydrogens is 286 g/mol. The van der Waals surface area contributed by atoms with E-state index in [9.17, 15) is 4.79 Å². The number of rotatable bonds is 4. The first-order valence-electron chi connectivity index (χ1n) is 6.73. The number of hydrogen-bond donors (Lipinski definition) is 1. The maximum absolute atomic E-state index is 11.6. The number of ether oxygens (including phenoxy) is 1. The molecule has 0 amide bonds. The number of para-hydroxylation sites is 2. The van der Waals surface area contributed by atoms with Crippen LogP contribution in [0.4, 0.5) is 0 Å². The van der Waals surface area contributed by atoms with Gasteiger partial charge in [-0.1, -0.05) is 35.9 Å². The molecule has 3 nitrogen and oxygen atoms in total. The molecule has 0 radical (unpaired) electrons. The summed E-state index contributed by atoms with van der Waals surface area (Å²) in [4.78, 5) is 14.8. The van der Waals surface area contributed by atoms with E-state index in [1.165, 1.54) is 0 Å². The Bertz CT molecular complexity index is 808. The van der Waals surface area contributed by atoms with Crippen molar-refractivity contribution in [2.45, 2.75) is 6.92 Å². The van der Waals surface area contributed by atoms with Crippen LogP contribution in [-0.2, 0) is 0 Å². The van der Waals surface area contributed by atoms with Crippen molar-refractivity contribution in [3.05, 3.63) is 53.1 Å². The van der Waals surface area contributed by atoms with Crippen LogP contribution in [0.1, 0.15) is 17.3 Å². The normalized spacial score (nSPS) is 10.8. The topological polar surface area (TPSA) is 42.1 Å². The minimum atomic E-state index is 0.564. The summed E-state index contributed by atoms with van der Waals surface area (Å²) in [5.41, 5.74) is 2.95. The summed E-state index contributed by atoms with van der Waals surface area (Å²) in [5, 5.41) is 1.41. The lowest BCUT2D eigenvalue weighted by atomic mass is 10.1. The van der Waals surface area contributed by atoms with Crippen molar-refractivity contribution in [3.8, 4) is 17.0 Å². The van der Waals surface area contributed by atoms with Gasteiger partial charge < -0.3 is 9.72 Å². The number of benzene rings is 2. The van der Waals surface area contributed by atoms with Crippen LogP contribution in [0.2, 0.25) is 5.02 Å². The third-order valence-corrected chi connectivity index (χ3v) is 3.71. The summed E-state index contributed by atoms with van der Waals surface area (Å²) >= 11 is 6.21. The zero-order valence-electron chi connectivity index (χ0n) is 11.5. The second-order valence-electron chi connectivity index (χ2n) is 4.62. The minimum Gasteiger partial charge on any atom is -0.493 e. The number of H-pyrrole nitrogens is 1. The predicted octanol–water partition coefficient (Wildman–Crippen LogP) is 4.70. The quantitative estimate of drug-likeness (QED) is 0.710. The van der Waals surface area contributed by atoms with Crippen molar-refractivity contribution in [1.82, 2.24) is 4.98 Å². The van der Waals surface area contributed by atoms with Crippen LogP contribution in [-0.4, -0.2) is 17.9 Å². The first-order valence-corrected chi connectivity index (χ1v) is 7.11. The number of carbonyl (C=O) groups excluding carboxylic acids is 1. The molecule has 0 aliphatic rings. The number of aromatic nitrogens is 1. The number of hydrogen-bond acceptors (Lipinski definition) is 2. The summed E-state index contributed by atoms with van der Waals surface area (Å²) in [5.74, 6) is 0.741. The van der Waals surface area contributed by atoms with E-state index in [-0.39, 0.29) is 0 Å². The van der Waals surface area contributed by atoms with Crippen LogP contribution in [0, 0.1) is 0 Å². The Kier molecular flexibility index (Phi) is 3.67. The lowest BCUT2D eigenvalue weighted by molar-refractivity contribution is 0.112. The zero-order chi connectivity index (χ0) is 14.8. The fraction of sp³-hybridized carbons (Fsp3) is 0.118. The molecule has 3 rings (SSSR count). The molecule has 0 unspecified atom stereocenters. The van der Waals surface area contributed by atoms with Crippen LogP contribution in [0.3, 0.4) is 0 Å². The Morgan fingerprint density at radius 2 is 2.00 bits per heavy atom.